The predicted octanol–water partition coefficient (Wildman–Crippen LogP) is 3.11. The minimum absolute atomic E-state index is 0.205. The maximum absolute atomic E-state index is 12.8. The predicted molar refractivity (Wildman–Crippen MR) is 115 cm³/mol. The maximum atomic E-state index is 12.8. The second kappa shape index (κ2) is 10.8. The summed E-state index contributed by atoms with van der Waals surface area (Å²) in [4.78, 5) is 19.5. The number of amides is 1. The third kappa shape index (κ3) is 6.42. The van der Waals surface area contributed by atoms with Crippen LogP contribution in [-0.2, 0) is 17.9 Å². The highest BCUT2D eigenvalue weighted by molar-refractivity contribution is 5.78. The van der Waals surface area contributed by atoms with Crippen molar-refractivity contribution in [2.75, 3.05) is 39.3 Å². The third-order valence-electron chi connectivity index (χ3n) is 5.48. The summed E-state index contributed by atoms with van der Waals surface area (Å²) in [5.74, 6) is 0.205. The lowest BCUT2D eigenvalue weighted by Crippen LogP contribution is -2.41. The number of rotatable bonds is 7. The monoisotopic (exact) mass is 390 g/mol. The molecule has 0 aromatic heterocycles. The van der Waals surface area contributed by atoms with Crippen molar-refractivity contribution >= 4 is 5.91 Å². The highest BCUT2D eigenvalue weighted by Gasteiger charge is 2.20. The summed E-state index contributed by atoms with van der Waals surface area (Å²) in [7, 11) is 0. The van der Waals surface area contributed by atoms with Gasteiger partial charge in [-0.2, -0.15) is 5.26 Å². The fourth-order valence-corrected chi connectivity index (χ4v) is 3.75. The van der Waals surface area contributed by atoms with E-state index in [4.69, 9.17) is 5.26 Å². The molecule has 0 spiro atoms. The summed E-state index contributed by atoms with van der Waals surface area (Å²) in [6, 6.07) is 20.2. The second-order valence-electron chi connectivity index (χ2n) is 7.61. The van der Waals surface area contributed by atoms with Gasteiger partial charge < -0.3 is 4.90 Å². The van der Waals surface area contributed by atoms with Gasteiger partial charge in [-0.3, -0.25) is 14.6 Å². The van der Waals surface area contributed by atoms with Crippen LogP contribution >= 0.6 is 0 Å². The molecular formula is C24H30N4O. The van der Waals surface area contributed by atoms with Crippen molar-refractivity contribution in [1.29, 1.82) is 5.26 Å². The molecule has 29 heavy (non-hydrogen) atoms. The Morgan fingerprint density at radius 2 is 1.66 bits per heavy atom. The molecule has 2 aromatic rings. The number of hydrogen-bond donors (Lipinski definition) is 0. The third-order valence-corrected chi connectivity index (χ3v) is 5.48. The van der Waals surface area contributed by atoms with Crippen LogP contribution in [0.3, 0.4) is 0 Å². The Morgan fingerprint density at radius 1 is 0.966 bits per heavy atom. The zero-order valence-electron chi connectivity index (χ0n) is 17.3. The van der Waals surface area contributed by atoms with Crippen LogP contribution < -0.4 is 0 Å². The minimum Gasteiger partial charge on any atom is -0.338 e. The highest BCUT2D eigenvalue weighted by Crippen LogP contribution is 2.11. The lowest BCUT2D eigenvalue weighted by atomic mass is 10.1. The topological polar surface area (TPSA) is 50.6 Å². The standard InChI is InChI=1S/C24H30N4O/c1-2-28(19-22-7-4-3-5-8-22)24(29)20-27-14-6-13-26(15-16-27)18-23-11-9-21(17-25)10-12-23/h3-5,7-12H,2,6,13-16,18-20H2,1H3. The van der Waals surface area contributed by atoms with Crippen LogP contribution in [0.4, 0.5) is 0 Å². The molecule has 0 unspecified atom stereocenters. The minimum atomic E-state index is 0.205. The molecule has 1 aliphatic rings. The molecule has 0 atom stereocenters. The van der Waals surface area contributed by atoms with Crippen LogP contribution in [0.5, 0.6) is 0 Å². The molecule has 5 nitrogen and oxygen atoms in total. The van der Waals surface area contributed by atoms with Gasteiger partial charge in [0.05, 0.1) is 18.2 Å². The van der Waals surface area contributed by atoms with Gasteiger partial charge in [0.25, 0.3) is 0 Å². The van der Waals surface area contributed by atoms with Crippen molar-refractivity contribution in [2.24, 2.45) is 0 Å². The number of likely N-dealkylation sites (N-methyl/N-ethyl adjacent to an activating group) is 1. The van der Waals surface area contributed by atoms with Crippen LogP contribution in [0.25, 0.3) is 0 Å². The lowest BCUT2D eigenvalue weighted by Gasteiger charge is -2.26. The molecule has 5 heteroatoms. The Labute approximate surface area is 174 Å². The zero-order valence-corrected chi connectivity index (χ0v) is 17.3. The molecule has 1 amide bonds. The largest absolute Gasteiger partial charge is 0.338 e. The first-order chi connectivity index (χ1) is 14.2. The summed E-state index contributed by atoms with van der Waals surface area (Å²) in [6.07, 6.45) is 1.06. The van der Waals surface area contributed by atoms with Gasteiger partial charge in [-0.05, 0) is 49.7 Å². The van der Waals surface area contributed by atoms with Gasteiger partial charge in [0.2, 0.25) is 5.91 Å². The molecule has 1 aliphatic heterocycles. The van der Waals surface area contributed by atoms with E-state index in [0.29, 0.717) is 18.7 Å². The van der Waals surface area contributed by atoms with E-state index in [1.165, 1.54) is 11.1 Å². The number of nitrogens with zero attached hydrogens (tertiary/aromatic N) is 4. The molecule has 0 aliphatic carbocycles. The summed E-state index contributed by atoms with van der Waals surface area (Å²) in [5.41, 5.74) is 3.10. The summed E-state index contributed by atoms with van der Waals surface area (Å²) in [5, 5.41) is 8.93. The average molecular weight is 391 g/mol. The van der Waals surface area contributed by atoms with Crippen molar-refractivity contribution in [3.05, 3.63) is 71.3 Å². The van der Waals surface area contributed by atoms with Gasteiger partial charge >= 0.3 is 0 Å². The van der Waals surface area contributed by atoms with Crippen molar-refractivity contribution in [2.45, 2.75) is 26.4 Å². The first-order valence-electron chi connectivity index (χ1n) is 10.4. The summed E-state index contributed by atoms with van der Waals surface area (Å²) in [6.45, 7) is 8.69. The van der Waals surface area contributed by atoms with Gasteiger partial charge in [0, 0.05) is 32.7 Å². The number of carbonyl (C=O) groups is 1. The van der Waals surface area contributed by atoms with E-state index in [1.807, 2.05) is 54.3 Å². The molecule has 0 N–H and O–H groups in total. The first kappa shape index (κ1) is 21.0. The van der Waals surface area contributed by atoms with Crippen LogP contribution in [0, 0.1) is 11.3 Å². The first-order valence-corrected chi connectivity index (χ1v) is 10.4. The van der Waals surface area contributed by atoms with Gasteiger partial charge in [-0.25, -0.2) is 0 Å². The van der Waals surface area contributed by atoms with Crippen LogP contribution in [-0.4, -0.2) is 59.9 Å². The quantitative estimate of drug-likeness (QED) is 0.729. The summed E-state index contributed by atoms with van der Waals surface area (Å²) >= 11 is 0. The van der Waals surface area contributed by atoms with E-state index in [9.17, 15) is 4.79 Å². The molecule has 2 aromatic carbocycles. The van der Waals surface area contributed by atoms with Crippen molar-refractivity contribution in [1.82, 2.24) is 14.7 Å². The summed E-state index contributed by atoms with van der Waals surface area (Å²) < 4.78 is 0. The smallest absolute Gasteiger partial charge is 0.237 e. The van der Waals surface area contributed by atoms with E-state index in [0.717, 1.165) is 45.7 Å². The Bertz CT molecular complexity index is 813. The lowest BCUT2D eigenvalue weighted by molar-refractivity contribution is -0.132. The fourth-order valence-electron chi connectivity index (χ4n) is 3.75. The molecule has 0 saturated carbocycles. The second-order valence-corrected chi connectivity index (χ2v) is 7.61. The molecule has 1 saturated heterocycles. The molecule has 1 heterocycles. The molecule has 0 bridgehead atoms. The fraction of sp³-hybridized carbons (Fsp3) is 0.417. The average Bonchev–Trinajstić information content (AvgIpc) is 2.98. The van der Waals surface area contributed by atoms with Crippen LogP contribution in [0.2, 0.25) is 0 Å². The van der Waals surface area contributed by atoms with E-state index >= 15 is 0 Å². The Balaban J connectivity index is 1.49. The molecule has 152 valence electrons. The van der Waals surface area contributed by atoms with Gasteiger partial charge in [-0.1, -0.05) is 42.5 Å². The van der Waals surface area contributed by atoms with E-state index in [1.54, 1.807) is 0 Å². The SMILES string of the molecule is CCN(Cc1ccccc1)C(=O)CN1CCCN(Cc2ccc(C#N)cc2)CC1. The van der Waals surface area contributed by atoms with Crippen molar-refractivity contribution in [3.63, 3.8) is 0 Å². The molecule has 3 rings (SSSR count). The molecule has 1 fully saturated rings. The van der Waals surface area contributed by atoms with Gasteiger partial charge in [0.15, 0.2) is 0 Å². The van der Waals surface area contributed by atoms with Crippen molar-refractivity contribution < 1.29 is 4.79 Å². The maximum Gasteiger partial charge on any atom is 0.237 e. The number of hydrogen-bond acceptors (Lipinski definition) is 4. The van der Waals surface area contributed by atoms with E-state index in [-0.39, 0.29) is 5.91 Å². The zero-order chi connectivity index (χ0) is 20.5. The Morgan fingerprint density at radius 3 is 2.34 bits per heavy atom. The van der Waals surface area contributed by atoms with Gasteiger partial charge in [0.1, 0.15) is 0 Å². The number of benzene rings is 2. The van der Waals surface area contributed by atoms with Crippen LogP contribution in [0.15, 0.2) is 54.6 Å². The Hall–Kier alpha value is -2.68. The Kier molecular flexibility index (Phi) is 7.80. The number of nitriles is 1. The van der Waals surface area contributed by atoms with E-state index in [2.05, 4.69) is 28.0 Å². The van der Waals surface area contributed by atoms with Crippen molar-refractivity contribution in [3.8, 4) is 6.07 Å². The van der Waals surface area contributed by atoms with Gasteiger partial charge in [-0.15, -0.1) is 0 Å². The van der Waals surface area contributed by atoms with E-state index < -0.39 is 0 Å². The normalized spacial score (nSPS) is 15.4. The number of carbonyl (C=O) groups excluding carboxylic acids is 1. The molecular weight excluding hydrogens is 360 g/mol. The highest BCUT2D eigenvalue weighted by atomic mass is 16.2. The van der Waals surface area contributed by atoms with Crippen LogP contribution in [0.1, 0.15) is 30.0 Å². The molecule has 0 radical (unpaired) electrons.